The lowest BCUT2D eigenvalue weighted by molar-refractivity contribution is -0.396. The van der Waals surface area contributed by atoms with Crippen LogP contribution in [0.15, 0.2) is 82.9 Å². The van der Waals surface area contributed by atoms with E-state index in [1.54, 1.807) is 36.4 Å². The van der Waals surface area contributed by atoms with Crippen LogP contribution in [0.2, 0.25) is 0 Å². The predicted molar refractivity (Wildman–Crippen MR) is 143 cm³/mol. The van der Waals surface area contributed by atoms with Gasteiger partial charge in [-0.3, -0.25) is 14.9 Å². The van der Waals surface area contributed by atoms with Gasteiger partial charge in [0.15, 0.2) is 0 Å². The number of carbonyl (C=O) groups is 2. The molecule has 0 radical (unpaired) electrons. The summed E-state index contributed by atoms with van der Waals surface area (Å²) in [7, 11) is 0. The first kappa shape index (κ1) is 28.9. The van der Waals surface area contributed by atoms with Crippen molar-refractivity contribution in [3.8, 4) is 0 Å². The van der Waals surface area contributed by atoms with Gasteiger partial charge in [-0.05, 0) is 66.2 Å². The molecular formula is C27H27F3N6O3. The SMILES string of the molecule is NC(=NN(OC(F)(F)F)C(N)=NC(=O)C=Cc1cccc(C2=CCCCC2)c1)NC(=O)C=Cc1ccccc1. The third-order valence-corrected chi connectivity index (χ3v) is 5.25. The summed E-state index contributed by atoms with van der Waals surface area (Å²) in [6, 6.07) is 16.2. The third-order valence-electron chi connectivity index (χ3n) is 5.25. The topological polar surface area (TPSA) is 135 Å². The molecule has 9 nitrogen and oxygen atoms in total. The van der Waals surface area contributed by atoms with E-state index in [-0.39, 0.29) is 5.17 Å². The standard InChI is InChI=1S/C27H27F3N6O3/c28-27(29,30)39-36(35-25(31)33-23(37)16-14-19-8-3-1-4-9-19)26(32)34-24(38)17-15-20-10-7-13-22(18-20)21-11-5-2-6-12-21/h1,3-4,7-11,13-18H,2,5-6,12H2,(H2,32,34,38)(H3,31,33,35,37). The Hall–Kier alpha value is -4.71. The van der Waals surface area contributed by atoms with Crippen LogP contribution in [0.3, 0.4) is 0 Å². The summed E-state index contributed by atoms with van der Waals surface area (Å²) in [4.78, 5) is 31.3. The highest BCUT2D eigenvalue weighted by Crippen LogP contribution is 2.27. The number of hydrogen-bond acceptors (Lipinski definition) is 4. The summed E-state index contributed by atoms with van der Waals surface area (Å²) < 4.78 is 38.7. The van der Waals surface area contributed by atoms with Gasteiger partial charge in [0.1, 0.15) is 0 Å². The van der Waals surface area contributed by atoms with E-state index in [9.17, 15) is 22.8 Å². The molecule has 0 aromatic heterocycles. The third kappa shape index (κ3) is 10.3. The van der Waals surface area contributed by atoms with Crippen LogP contribution in [0.5, 0.6) is 0 Å². The van der Waals surface area contributed by atoms with Crippen molar-refractivity contribution in [2.45, 2.75) is 32.0 Å². The van der Waals surface area contributed by atoms with Crippen molar-refractivity contribution in [3.63, 3.8) is 0 Å². The average molecular weight is 541 g/mol. The first-order chi connectivity index (χ1) is 18.6. The molecule has 204 valence electrons. The fourth-order valence-corrected chi connectivity index (χ4v) is 3.55. The summed E-state index contributed by atoms with van der Waals surface area (Å²) >= 11 is 0. The number of nitrogens with one attached hydrogen (secondary N) is 1. The molecule has 0 heterocycles. The van der Waals surface area contributed by atoms with Crippen LogP contribution >= 0.6 is 0 Å². The second-order valence-corrected chi connectivity index (χ2v) is 8.27. The van der Waals surface area contributed by atoms with Crippen molar-refractivity contribution in [1.29, 1.82) is 0 Å². The van der Waals surface area contributed by atoms with Crippen LogP contribution in [-0.4, -0.2) is 35.3 Å². The maximum absolute atomic E-state index is 12.9. The van der Waals surface area contributed by atoms with Crippen molar-refractivity contribution >= 4 is 41.5 Å². The van der Waals surface area contributed by atoms with Crippen molar-refractivity contribution < 1.29 is 27.6 Å². The summed E-state index contributed by atoms with van der Waals surface area (Å²) in [5, 5.41) is 5.02. The fraction of sp³-hybridized carbons (Fsp3) is 0.185. The van der Waals surface area contributed by atoms with Gasteiger partial charge in [-0.25, -0.2) is 0 Å². The zero-order chi connectivity index (χ0) is 28.3. The Bertz CT molecular complexity index is 1320. The van der Waals surface area contributed by atoms with Crippen molar-refractivity contribution in [3.05, 3.63) is 89.5 Å². The zero-order valence-electron chi connectivity index (χ0n) is 20.8. The fourth-order valence-electron chi connectivity index (χ4n) is 3.55. The molecule has 2 amide bonds. The maximum Gasteiger partial charge on any atom is 0.545 e. The van der Waals surface area contributed by atoms with E-state index in [0.717, 1.165) is 43.4 Å². The summed E-state index contributed by atoms with van der Waals surface area (Å²) in [5.41, 5.74) is 14.7. The molecule has 2 aromatic carbocycles. The zero-order valence-corrected chi connectivity index (χ0v) is 20.8. The minimum atomic E-state index is -5.26. The lowest BCUT2D eigenvalue weighted by atomic mass is 9.93. The van der Waals surface area contributed by atoms with Crippen LogP contribution in [0, 0.1) is 0 Å². The van der Waals surface area contributed by atoms with Gasteiger partial charge < -0.3 is 11.5 Å². The number of rotatable bonds is 7. The largest absolute Gasteiger partial charge is 0.545 e. The Balaban J connectivity index is 1.69. The van der Waals surface area contributed by atoms with E-state index in [4.69, 9.17) is 11.5 Å². The number of hydrogen-bond donors (Lipinski definition) is 3. The normalized spacial score (nSPS) is 14.9. The number of nitrogens with two attached hydrogens (primary N) is 2. The van der Waals surface area contributed by atoms with Crippen LogP contribution in [0.1, 0.15) is 42.4 Å². The Morgan fingerprint density at radius 3 is 2.38 bits per heavy atom. The molecule has 0 saturated carbocycles. The Labute approximate surface area is 223 Å². The van der Waals surface area contributed by atoms with Gasteiger partial charge in [0.2, 0.25) is 11.9 Å². The van der Waals surface area contributed by atoms with Crippen molar-refractivity contribution in [2.75, 3.05) is 0 Å². The van der Waals surface area contributed by atoms with Gasteiger partial charge in [-0.1, -0.05) is 59.8 Å². The van der Waals surface area contributed by atoms with Gasteiger partial charge in [0, 0.05) is 12.2 Å². The number of guanidine groups is 2. The first-order valence-electron chi connectivity index (χ1n) is 11.9. The highest BCUT2D eigenvalue weighted by molar-refractivity contribution is 6.04. The number of alkyl halides is 3. The molecule has 1 aliphatic carbocycles. The second-order valence-electron chi connectivity index (χ2n) is 8.27. The molecule has 12 heteroatoms. The van der Waals surface area contributed by atoms with Gasteiger partial charge >= 0.3 is 6.36 Å². The number of hydroxylamine groups is 1. The smallest absolute Gasteiger partial charge is 0.368 e. The van der Waals surface area contributed by atoms with Gasteiger partial charge in [0.05, 0.1) is 0 Å². The molecule has 0 unspecified atom stereocenters. The molecule has 0 spiro atoms. The number of carbonyl (C=O) groups excluding carboxylic acids is 2. The predicted octanol–water partition coefficient (Wildman–Crippen LogP) is 4.31. The Morgan fingerprint density at radius 1 is 0.974 bits per heavy atom. The van der Waals surface area contributed by atoms with E-state index >= 15 is 0 Å². The van der Waals surface area contributed by atoms with E-state index in [1.807, 2.05) is 18.2 Å². The van der Waals surface area contributed by atoms with Crippen LogP contribution < -0.4 is 16.8 Å². The molecule has 3 rings (SSSR count). The quantitative estimate of drug-likeness (QED) is 0.207. The Morgan fingerprint density at radius 2 is 1.69 bits per heavy atom. The van der Waals surface area contributed by atoms with E-state index in [2.05, 4.69) is 26.3 Å². The molecule has 0 aliphatic heterocycles. The van der Waals surface area contributed by atoms with Crippen molar-refractivity contribution in [1.82, 2.24) is 10.5 Å². The monoisotopic (exact) mass is 540 g/mol. The number of allylic oxidation sites excluding steroid dienone is 2. The maximum atomic E-state index is 12.9. The first-order valence-corrected chi connectivity index (χ1v) is 11.9. The van der Waals surface area contributed by atoms with E-state index < -0.39 is 30.1 Å². The lowest BCUT2D eigenvalue weighted by Gasteiger charge is -2.18. The molecule has 0 saturated heterocycles. The summed E-state index contributed by atoms with van der Waals surface area (Å²) in [6.07, 6.45) is 6.21. The number of amides is 2. The van der Waals surface area contributed by atoms with Gasteiger partial charge in [-0.2, -0.15) is 4.99 Å². The van der Waals surface area contributed by atoms with Crippen LogP contribution in [0.25, 0.3) is 17.7 Å². The summed E-state index contributed by atoms with van der Waals surface area (Å²) in [6.45, 7) is 0. The minimum absolute atomic E-state index is 0.307. The number of nitrogens with zero attached hydrogens (tertiary/aromatic N) is 3. The number of benzene rings is 2. The molecule has 0 bridgehead atoms. The van der Waals surface area contributed by atoms with E-state index in [0.29, 0.717) is 11.1 Å². The second kappa shape index (κ2) is 13.7. The number of halogens is 3. The molecular weight excluding hydrogens is 513 g/mol. The van der Waals surface area contributed by atoms with Crippen LogP contribution in [-0.2, 0) is 14.4 Å². The molecule has 0 atom stereocenters. The minimum Gasteiger partial charge on any atom is -0.368 e. The highest BCUT2D eigenvalue weighted by Gasteiger charge is 2.35. The molecule has 1 aliphatic rings. The van der Waals surface area contributed by atoms with Gasteiger partial charge in [-0.15, -0.1) is 23.1 Å². The van der Waals surface area contributed by atoms with Crippen molar-refractivity contribution in [2.24, 2.45) is 21.6 Å². The van der Waals surface area contributed by atoms with Gasteiger partial charge in [0.25, 0.3) is 11.8 Å². The highest BCUT2D eigenvalue weighted by atomic mass is 19.4. The molecule has 5 N–H and O–H groups in total. The lowest BCUT2D eigenvalue weighted by Crippen LogP contribution is -2.43. The Kier molecular flexibility index (Phi) is 10.2. The molecule has 0 fully saturated rings. The summed E-state index contributed by atoms with van der Waals surface area (Å²) in [5.74, 6) is -3.63. The number of aliphatic imine (C=N–C) groups is 1. The number of hydrazone groups is 1. The van der Waals surface area contributed by atoms with Crippen LogP contribution in [0.4, 0.5) is 13.2 Å². The van der Waals surface area contributed by atoms with E-state index in [1.165, 1.54) is 17.7 Å². The average Bonchev–Trinajstić information content (AvgIpc) is 2.91. The molecule has 2 aromatic rings. The molecule has 39 heavy (non-hydrogen) atoms.